The summed E-state index contributed by atoms with van der Waals surface area (Å²) in [6.45, 7) is 2.05. The lowest BCUT2D eigenvalue weighted by molar-refractivity contribution is 0.0553. The first kappa shape index (κ1) is 14.3. The van der Waals surface area contributed by atoms with Crippen molar-refractivity contribution >= 4 is 5.97 Å². The molecule has 1 unspecified atom stereocenters. The highest BCUT2D eigenvalue weighted by Gasteiger charge is 2.16. The van der Waals surface area contributed by atoms with E-state index >= 15 is 0 Å². The number of benzene rings is 1. The lowest BCUT2D eigenvalue weighted by atomic mass is 10.0. The molecule has 0 aliphatic rings. The largest absolute Gasteiger partial charge is 0.463 e. The number of aliphatic hydroxyl groups excluding tert-OH is 1. The maximum Gasteiger partial charge on any atom is 0.373 e. The molecule has 0 radical (unpaired) electrons. The van der Waals surface area contributed by atoms with Crippen LogP contribution in [0.1, 0.15) is 40.0 Å². The maximum atomic E-state index is 11.3. The van der Waals surface area contributed by atoms with Gasteiger partial charge in [0.15, 0.2) is 0 Å². The zero-order valence-electron chi connectivity index (χ0n) is 11.6. The van der Waals surface area contributed by atoms with E-state index in [2.05, 4.69) is 4.74 Å². The number of esters is 1. The highest BCUT2D eigenvalue weighted by molar-refractivity contribution is 5.86. The number of hydrogen-bond acceptors (Lipinski definition) is 4. The van der Waals surface area contributed by atoms with Gasteiger partial charge in [-0.05, 0) is 43.0 Å². The minimum atomic E-state index is -0.729. The van der Waals surface area contributed by atoms with E-state index in [0.717, 1.165) is 6.42 Å². The molecule has 1 N–H and O–H groups in total. The number of carbonyl (C=O) groups is 1. The van der Waals surface area contributed by atoms with Crippen LogP contribution in [0.3, 0.4) is 0 Å². The molecule has 2 rings (SSSR count). The Morgan fingerprint density at radius 1 is 1.30 bits per heavy atom. The fourth-order valence-electron chi connectivity index (χ4n) is 2.07. The Labute approximate surface area is 118 Å². The zero-order chi connectivity index (χ0) is 14.5. The maximum absolute atomic E-state index is 11.3. The van der Waals surface area contributed by atoms with E-state index in [4.69, 9.17) is 4.42 Å². The van der Waals surface area contributed by atoms with Crippen LogP contribution in [-0.2, 0) is 11.2 Å². The second kappa shape index (κ2) is 6.39. The summed E-state index contributed by atoms with van der Waals surface area (Å²) < 4.78 is 9.85. The van der Waals surface area contributed by atoms with Gasteiger partial charge in [-0.25, -0.2) is 4.79 Å². The van der Waals surface area contributed by atoms with Crippen LogP contribution in [0, 0.1) is 6.92 Å². The predicted molar refractivity (Wildman–Crippen MR) is 74.5 cm³/mol. The van der Waals surface area contributed by atoms with Crippen molar-refractivity contribution < 1.29 is 19.1 Å². The normalized spacial score (nSPS) is 12.2. The van der Waals surface area contributed by atoms with E-state index in [1.807, 2.05) is 31.2 Å². The molecule has 0 aliphatic heterocycles. The molecule has 4 heteroatoms. The molecule has 0 saturated heterocycles. The third-order valence-corrected chi connectivity index (χ3v) is 3.29. The quantitative estimate of drug-likeness (QED) is 0.851. The van der Waals surface area contributed by atoms with Crippen LogP contribution in [0.15, 0.2) is 40.8 Å². The Hall–Kier alpha value is -2.07. The molecule has 4 nitrogen and oxygen atoms in total. The average Bonchev–Trinajstić information content (AvgIpc) is 2.95. The number of methoxy groups -OCH3 is 1. The Morgan fingerprint density at radius 2 is 2.05 bits per heavy atom. The minimum absolute atomic E-state index is 0.109. The third kappa shape index (κ3) is 3.27. The lowest BCUT2D eigenvalue weighted by Crippen LogP contribution is -2.01. The Balaban J connectivity index is 1.98. The van der Waals surface area contributed by atoms with Crippen LogP contribution in [0.4, 0.5) is 0 Å². The Kier molecular flexibility index (Phi) is 4.58. The molecule has 0 saturated carbocycles. The van der Waals surface area contributed by atoms with Crippen LogP contribution in [0.25, 0.3) is 0 Å². The minimum Gasteiger partial charge on any atom is -0.463 e. The second-order valence-electron chi connectivity index (χ2n) is 4.67. The molecule has 0 aliphatic carbocycles. The Bertz CT molecular complexity index is 586. The topological polar surface area (TPSA) is 59.7 Å². The predicted octanol–water partition coefficient (Wildman–Crippen LogP) is 3.04. The Morgan fingerprint density at radius 3 is 2.75 bits per heavy atom. The lowest BCUT2D eigenvalue weighted by Gasteiger charge is -2.09. The summed E-state index contributed by atoms with van der Waals surface area (Å²) in [6, 6.07) is 11.2. The first-order valence-corrected chi connectivity index (χ1v) is 6.52. The SMILES string of the molecule is COC(=O)c1ccc(C(O)CCc2ccccc2C)o1. The van der Waals surface area contributed by atoms with Crippen LogP contribution >= 0.6 is 0 Å². The number of furan rings is 1. The van der Waals surface area contributed by atoms with Gasteiger partial charge in [0, 0.05) is 0 Å². The summed E-state index contributed by atoms with van der Waals surface area (Å²) in [5.41, 5.74) is 2.40. The summed E-state index contributed by atoms with van der Waals surface area (Å²) in [5.74, 6) is -0.0428. The summed E-state index contributed by atoms with van der Waals surface area (Å²) >= 11 is 0. The number of rotatable bonds is 5. The van der Waals surface area contributed by atoms with E-state index in [-0.39, 0.29) is 5.76 Å². The number of aryl methyl sites for hydroxylation is 2. The van der Waals surface area contributed by atoms with Gasteiger partial charge in [-0.1, -0.05) is 24.3 Å². The molecule has 1 aromatic heterocycles. The van der Waals surface area contributed by atoms with E-state index in [1.165, 1.54) is 24.3 Å². The monoisotopic (exact) mass is 274 g/mol. The summed E-state index contributed by atoms with van der Waals surface area (Å²) in [5, 5.41) is 10.1. The van der Waals surface area contributed by atoms with Gasteiger partial charge in [-0.15, -0.1) is 0 Å². The van der Waals surface area contributed by atoms with Gasteiger partial charge < -0.3 is 14.3 Å². The molecular weight excluding hydrogens is 256 g/mol. The number of aliphatic hydroxyl groups is 1. The van der Waals surface area contributed by atoms with Gasteiger partial charge in [0.1, 0.15) is 11.9 Å². The van der Waals surface area contributed by atoms with Crippen molar-refractivity contribution in [1.29, 1.82) is 0 Å². The van der Waals surface area contributed by atoms with Gasteiger partial charge in [0.2, 0.25) is 5.76 Å². The van der Waals surface area contributed by atoms with Gasteiger partial charge in [0.25, 0.3) is 0 Å². The average molecular weight is 274 g/mol. The van der Waals surface area contributed by atoms with E-state index in [0.29, 0.717) is 12.2 Å². The molecule has 0 bridgehead atoms. The molecule has 1 heterocycles. The fraction of sp³-hybridized carbons (Fsp3) is 0.312. The standard InChI is InChI=1S/C16H18O4/c1-11-5-3-4-6-12(11)7-8-13(17)14-9-10-15(20-14)16(18)19-2/h3-6,9-10,13,17H,7-8H2,1-2H3. The third-order valence-electron chi connectivity index (χ3n) is 3.29. The molecule has 1 atom stereocenters. The van der Waals surface area contributed by atoms with Crippen LogP contribution in [-0.4, -0.2) is 18.2 Å². The van der Waals surface area contributed by atoms with Gasteiger partial charge in [-0.2, -0.15) is 0 Å². The molecule has 0 spiro atoms. The van der Waals surface area contributed by atoms with E-state index in [1.54, 1.807) is 6.07 Å². The highest BCUT2D eigenvalue weighted by Crippen LogP contribution is 2.22. The summed E-state index contributed by atoms with van der Waals surface area (Å²) in [6.07, 6.45) is 0.564. The molecule has 2 aromatic rings. The molecule has 20 heavy (non-hydrogen) atoms. The summed E-state index contributed by atoms with van der Waals surface area (Å²) in [7, 11) is 1.29. The van der Waals surface area contributed by atoms with Crippen molar-refractivity contribution in [3.8, 4) is 0 Å². The first-order valence-electron chi connectivity index (χ1n) is 6.52. The van der Waals surface area contributed by atoms with Crippen molar-refractivity contribution in [2.24, 2.45) is 0 Å². The van der Waals surface area contributed by atoms with E-state index in [9.17, 15) is 9.90 Å². The smallest absolute Gasteiger partial charge is 0.373 e. The van der Waals surface area contributed by atoms with Crippen LogP contribution in [0.2, 0.25) is 0 Å². The molecule has 0 amide bonds. The first-order chi connectivity index (χ1) is 9.61. The van der Waals surface area contributed by atoms with Crippen LogP contribution in [0.5, 0.6) is 0 Å². The van der Waals surface area contributed by atoms with E-state index < -0.39 is 12.1 Å². The fourth-order valence-corrected chi connectivity index (χ4v) is 2.07. The van der Waals surface area contributed by atoms with Crippen molar-refractivity contribution in [2.45, 2.75) is 25.9 Å². The molecular formula is C16H18O4. The number of carbonyl (C=O) groups excluding carboxylic acids is 1. The number of ether oxygens (including phenoxy) is 1. The zero-order valence-corrected chi connectivity index (χ0v) is 11.6. The molecule has 0 fully saturated rings. The van der Waals surface area contributed by atoms with Crippen LogP contribution < -0.4 is 0 Å². The van der Waals surface area contributed by atoms with Crippen molar-refractivity contribution in [2.75, 3.05) is 7.11 Å². The van der Waals surface area contributed by atoms with Gasteiger partial charge in [-0.3, -0.25) is 0 Å². The van der Waals surface area contributed by atoms with Crippen molar-refractivity contribution in [1.82, 2.24) is 0 Å². The van der Waals surface area contributed by atoms with Crippen molar-refractivity contribution in [3.05, 3.63) is 59.0 Å². The second-order valence-corrected chi connectivity index (χ2v) is 4.67. The number of hydrogen-bond donors (Lipinski definition) is 1. The molecule has 106 valence electrons. The van der Waals surface area contributed by atoms with Crippen molar-refractivity contribution in [3.63, 3.8) is 0 Å². The summed E-state index contributed by atoms with van der Waals surface area (Å²) in [4.78, 5) is 11.3. The van der Waals surface area contributed by atoms with Gasteiger partial charge >= 0.3 is 5.97 Å². The highest BCUT2D eigenvalue weighted by atomic mass is 16.5. The van der Waals surface area contributed by atoms with Gasteiger partial charge in [0.05, 0.1) is 7.11 Å². The molecule has 1 aromatic carbocycles.